The molecule has 1 heterocycles. The molecule has 9 nitrogen and oxygen atoms in total. The van der Waals surface area contributed by atoms with Crippen LogP contribution in [0.4, 0.5) is 10.7 Å². The van der Waals surface area contributed by atoms with Crippen LogP contribution >= 0.6 is 11.3 Å². The van der Waals surface area contributed by atoms with Crippen LogP contribution in [0.1, 0.15) is 42.6 Å². The molecule has 0 saturated carbocycles. The van der Waals surface area contributed by atoms with Crippen LogP contribution in [0.25, 0.3) is 17.2 Å². The van der Waals surface area contributed by atoms with Gasteiger partial charge in [0.2, 0.25) is 0 Å². The molecule has 10 heteroatoms. The van der Waals surface area contributed by atoms with Crippen LogP contribution in [-0.4, -0.2) is 30.0 Å². The summed E-state index contributed by atoms with van der Waals surface area (Å²) >= 11 is 1.06. The summed E-state index contributed by atoms with van der Waals surface area (Å²) in [6, 6.07) is 14.7. The fourth-order valence-corrected chi connectivity index (χ4v) is 4.29. The van der Waals surface area contributed by atoms with Crippen LogP contribution < -0.4 is 10.1 Å². The van der Waals surface area contributed by atoms with Crippen LogP contribution in [0, 0.1) is 21.4 Å². The summed E-state index contributed by atoms with van der Waals surface area (Å²) in [4.78, 5) is 36.4. The Kier molecular flexibility index (Phi) is 9.52. The fraction of sp³-hybridized carbons (Fsp3) is 0.222. The normalized spacial score (nSPS) is 10.9. The van der Waals surface area contributed by atoms with Crippen molar-refractivity contribution in [2.24, 2.45) is 0 Å². The van der Waals surface area contributed by atoms with Gasteiger partial charge in [0.05, 0.1) is 18.1 Å². The van der Waals surface area contributed by atoms with E-state index < -0.39 is 16.8 Å². The number of nitriles is 1. The summed E-state index contributed by atoms with van der Waals surface area (Å²) in [5.41, 5.74) is 1.19. The third-order valence-electron chi connectivity index (χ3n) is 5.19. The van der Waals surface area contributed by atoms with Crippen LogP contribution in [0.2, 0.25) is 0 Å². The summed E-state index contributed by atoms with van der Waals surface area (Å²) in [6.07, 6.45) is 3.40. The Bertz CT molecular complexity index is 1360. The van der Waals surface area contributed by atoms with Gasteiger partial charge in [0, 0.05) is 23.1 Å². The monoisotopic (exact) mass is 519 g/mol. The lowest BCUT2D eigenvalue weighted by atomic mass is 10.0. The van der Waals surface area contributed by atoms with Crippen LogP contribution in [0.15, 0.2) is 59.5 Å². The van der Waals surface area contributed by atoms with Crippen LogP contribution in [0.5, 0.6) is 5.75 Å². The highest BCUT2D eigenvalue weighted by atomic mass is 32.1. The molecule has 0 bridgehead atoms. The first-order valence-corrected chi connectivity index (χ1v) is 12.4. The Hall–Kier alpha value is -4.49. The smallest absolute Gasteiger partial charge is 0.341 e. The van der Waals surface area contributed by atoms with E-state index in [0.29, 0.717) is 29.0 Å². The summed E-state index contributed by atoms with van der Waals surface area (Å²) in [6.45, 7) is 4.43. The predicted molar refractivity (Wildman–Crippen MR) is 141 cm³/mol. The van der Waals surface area contributed by atoms with E-state index in [1.165, 1.54) is 24.3 Å². The molecule has 0 saturated heterocycles. The molecule has 0 fully saturated rings. The van der Waals surface area contributed by atoms with Crippen molar-refractivity contribution < 1.29 is 24.0 Å². The minimum atomic E-state index is -0.705. The number of hydrogen-bond acceptors (Lipinski definition) is 8. The summed E-state index contributed by atoms with van der Waals surface area (Å²) < 4.78 is 10.8. The van der Waals surface area contributed by atoms with Crippen molar-refractivity contribution in [2.75, 3.05) is 18.5 Å². The molecule has 1 aromatic heterocycles. The highest BCUT2D eigenvalue weighted by Gasteiger charge is 2.24. The zero-order valence-corrected chi connectivity index (χ0v) is 21.2. The standard InChI is InChI=1S/C27H25N3O6S/c1-3-5-13-36-22-11-9-18(10-12-22)14-20(16-28)25(31)29-26-24(27(32)35-4-2)23(17-37-26)19-7-6-8-21(15-19)30(33)34/h6-12,14-15,17H,3-5,13H2,1-2H3,(H,29,31)/b20-14+. The van der Waals surface area contributed by atoms with Crippen molar-refractivity contribution in [1.82, 2.24) is 0 Å². The van der Waals surface area contributed by atoms with Gasteiger partial charge in [-0.25, -0.2) is 4.79 Å². The maximum absolute atomic E-state index is 12.9. The van der Waals surface area contributed by atoms with Crippen molar-refractivity contribution in [3.8, 4) is 22.9 Å². The third-order valence-corrected chi connectivity index (χ3v) is 6.08. The highest BCUT2D eigenvalue weighted by Crippen LogP contribution is 2.37. The molecule has 0 aliphatic heterocycles. The molecule has 0 unspecified atom stereocenters. The Labute approximate surface area is 218 Å². The van der Waals surface area contributed by atoms with Gasteiger partial charge in [0.15, 0.2) is 0 Å². The number of non-ortho nitro benzene ring substituents is 1. The average molecular weight is 520 g/mol. The highest BCUT2D eigenvalue weighted by molar-refractivity contribution is 7.15. The van der Waals surface area contributed by atoms with E-state index >= 15 is 0 Å². The second-order valence-electron chi connectivity index (χ2n) is 7.78. The van der Waals surface area contributed by atoms with E-state index in [-0.39, 0.29) is 28.4 Å². The molecule has 3 aromatic rings. The van der Waals surface area contributed by atoms with Gasteiger partial charge in [0.1, 0.15) is 28.0 Å². The van der Waals surface area contributed by atoms with Crippen molar-refractivity contribution >= 4 is 40.0 Å². The molecule has 37 heavy (non-hydrogen) atoms. The summed E-state index contributed by atoms with van der Waals surface area (Å²) in [5.74, 6) is -0.703. The minimum absolute atomic E-state index is 0.0616. The van der Waals surface area contributed by atoms with Crippen LogP contribution in [-0.2, 0) is 9.53 Å². The molecular formula is C27H25N3O6S. The average Bonchev–Trinajstić information content (AvgIpc) is 3.32. The topological polar surface area (TPSA) is 132 Å². The molecule has 0 aliphatic rings. The first kappa shape index (κ1) is 27.1. The van der Waals surface area contributed by atoms with E-state index in [0.717, 1.165) is 24.2 Å². The lowest BCUT2D eigenvalue weighted by Crippen LogP contribution is -2.16. The van der Waals surface area contributed by atoms with Gasteiger partial charge < -0.3 is 14.8 Å². The van der Waals surface area contributed by atoms with Crippen molar-refractivity contribution in [3.63, 3.8) is 0 Å². The van der Waals surface area contributed by atoms with Crippen molar-refractivity contribution in [1.29, 1.82) is 5.26 Å². The number of nitro benzene ring substituents is 1. The molecule has 0 atom stereocenters. The number of rotatable bonds is 11. The maximum atomic E-state index is 12.9. The Morgan fingerprint density at radius 3 is 2.59 bits per heavy atom. The lowest BCUT2D eigenvalue weighted by molar-refractivity contribution is -0.384. The maximum Gasteiger partial charge on any atom is 0.341 e. The molecular weight excluding hydrogens is 494 g/mol. The number of unbranched alkanes of at least 4 members (excludes halogenated alkanes) is 1. The van der Waals surface area contributed by atoms with Gasteiger partial charge in [-0.2, -0.15) is 5.26 Å². The molecule has 0 aliphatic carbocycles. The third kappa shape index (κ3) is 7.02. The Morgan fingerprint density at radius 1 is 1.19 bits per heavy atom. The van der Waals surface area contributed by atoms with E-state index in [1.807, 2.05) is 6.07 Å². The van der Waals surface area contributed by atoms with E-state index in [9.17, 15) is 25.0 Å². The van der Waals surface area contributed by atoms with Gasteiger partial charge in [-0.05, 0) is 42.7 Å². The number of ether oxygens (including phenoxy) is 2. The van der Waals surface area contributed by atoms with Crippen molar-refractivity contribution in [2.45, 2.75) is 26.7 Å². The van der Waals surface area contributed by atoms with E-state index in [4.69, 9.17) is 9.47 Å². The van der Waals surface area contributed by atoms with E-state index in [2.05, 4.69) is 12.2 Å². The van der Waals surface area contributed by atoms with Crippen molar-refractivity contribution in [3.05, 3.63) is 80.7 Å². The number of anilines is 1. The number of nitrogens with one attached hydrogen (secondary N) is 1. The summed E-state index contributed by atoms with van der Waals surface area (Å²) in [5, 5.41) is 25.2. The number of carbonyl (C=O) groups excluding carboxylic acids is 2. The van der Waals surface area contributed by atoms with Gasteiger partial charge in [-0.1, -0.05) is 37.6 Å². The number of esters is 1. The zero-order valence-electron chi connectivity index (χ0n) is 20.4. The molecule has 1 amide bonds. The Morgan fingerprint density at radius 2 is 1.95 bits per heavy atom. The second-order valence-corrected chi connectivity index (χ2v) is 8.66. The van der Waals surface area contributed by atoms with Crippen LogP contribution in [0.3, 0.4) is 0 Å². The number of hydrogen-bond donors (Lipinski definition) is 1. The Balaban J connectivity index is 1.88. The summed E-state index contributed by atoms with van der Waals surface area (Å²) in [7, 11) is 0. The van der Waals surface area contributed by atoms with Gasteiger partial charge in [-0.3, -0.25) is 14.9 Å². The number of thiophene rings is 1. The molecule has 2 aromatic carbocycles. The lowest BCUT2D eigenvalue weighted by Gasteiger charge is -2.09. The molecule has 190 valence electrons. The minimum Gasteiger partial charge on any atom is -0.494 e. The van der Waals surface area contributed by atoms with Gasteiger partial charge in [0.25, 0.3) is 11.6 Å². The van der Waals surface area contributed by atoms with Gasteiger partial charge in [-0.15, -0.1) is 11.3 Å². The number of nitro groups is 1. The second kappa shape index (κ2) is 13.0. The molecule has 1 N–H and O–H groups in total. The fourth-order valence-electron chi connectivity index (χ4n) is 3.34. The number of carbonyl (C=O) groups is 2. The molecule has 0 radical (unpaired) electrons. The first-order valence-electron chi connectivity index (χ1n) is 11.6. The number of nitrogens with zero attached hydrogens (tertiary/aromatic N) is 2. The zero-order chi connectivity index (χ0) is 26.8. The molecule has 3 rings (SSSR count). The van der Waals surface area contributed by atoms with E-state index in [1.54, 1.807) is 42.6 Å². The number of amides is 1. The molecule has 0 spiro atoms. The first-order chi connectivity index (χ1) is 17.9. The quantitative estimate of drug-likeness (QED) is 0.0794. The van der Waals surface area contributed by atoms with Gasteiger partial charge >= 0.3 is 5.97 Å². The largest absolute Gasteiger partial charge is 0.494 e. The SMILES string of the molecule is CCCCOc1ccc(/C=C(\C#N)C(=O)Nc2scc(-c3cccc([N+](=O)[O-])c3)c2C(=O)OCC)cc1. The predicted octanol–water partition coefficient (Wildman–Crippen LogP) is 6.22. The number of benzene rings is 2.